The fourth-order valence-corrected chi connectivity index (χ4v) is 2.85. The first-order valence-electron chi connectivity index (χ1n) is 8.18. The van der Waals surface area contributed by atoms with Crippen molar-refractivity contribution in [2.75, 3.05) is 25.6 Å². The Morgan fingerprint density at radius 3 is 2.56 bits per heavy atom. The second-order valence-corrected chi connectivity index (χ2v) is 6.98. The predicted molar refractivity (Wildman–Crippen MR) is 101 cm³/mol. The molecule has 6 heteroatoms. The molecule has 0 aliphatic carbocycles. The van der Waals surface area contributed by atoms with Gasteiger partial charge in [0, 0.05) is 22.8 Å². The zero-order chi connectivity index (χ0) is 17.8. The summed E-state index contributed by atoms with van der Waals surface area (Å²) in [5, 5.41) is 2.94. The molecule has 5 nitrogen and oxygen atoms in total. The maximum absolute atomic E-state index is 12.5. The van der Waals surface area contributed by atoms with Crippen molar-refractivity contribution in [3.05, 3.63) is 52.5 Å². The Bertz CT molecular complexity index is 749. The number of rotatable bonds is 5. The van der Waals surface area contributed by atoms with Gasteiger partial charge < -0.3 is 14.8 Å². The Kier molecular flexibility index (Phi) is 5.60. The molecule has 1 aliphatic heterocycles. The van der Waals surface area contributed by atoms with E-state index in [4.69, 9.17) is 9.47 Å². The molecule has 1 atom stereocenters. The molecule has 2 aromatic carbocycles. The molecule has 0 radical (unpaired) electrons. The van der Waals surface area contributed by atoms with E-state index in [1.165, 1.54) is 0 Å². The van der Waals surface area contributed by atoms with Gasteiger partial charge in [-0.05, 0) is 43.8 Å². The van der Waals surface area contributed by atoms with E-state index in [2.05, 4.69) is 21.2 Å². The van der Waals surface area contributed by atoms with E-state index in [1.807, 2.05) is 55.3 Å². The van der Waals surface area contributed by atoms with Crippen molar-refractivity contribution in [2.24, 2.45) is 0 Å². The minimum atomic E-state index is -0.267. The van der Waals surface area contributed by atoms with Crippen LogP contribution in [0, 0.1) is 0 Å². The number of halogens is 1. The Labute approximate surface area is 156 Å². The van der Waals surface area contributed by atoms with Crippen LogP contribution in [0.5, 0.6) is 11.5 Å². The summed E-state index contributed by atoms with van der Waals surface area (Å²) in [6.45, 7) is 3.67. The molecule has 0 spiro atoms. The highest BCUT2D eigenvalue weighted by molar-refractivity contribution is 9.10. The Balaban J connectivity index is 1.60. The number of ether oxygens (including phenoxy) is 2. The van der Waals surface area contributed by atoms with E-state index in [-0.39, 0.29) is 11.9 Å². The van der Waals surface area contributed by atoms with Crippen LogP contribution in [0.25, 0.3) is 0 Å². The molecule has 1 amide bonds. The second kappa shape index (κ2) is 7.89. The van der Waals surface area contributed by atoms with Crippen molar-refractivity contribution in [1.82, 2.24) is 4.90 Å². The number of amides is 1. The van der Waals surface area contributed by atoms with Gasteiger partial charge in [0.15, 0.2) is 11.5 Å². The van der Waals surface area contributed by atoms with E-state index < -0.39 is 0 Å². The van der Waals surface area contributed by atoms with Crippen molar-refractivity contribution in [2.45, 2.75) is 19.5 Å². The highest BCUT2D eigenvalue weighted by Crippen LogP contribution is 2.32. The highest BCUT2D eigenvalue weighted by atomic mass is 79.9. The SMILES string of the molecule is CC(C(=O)Nc1ccc2c(c1)OCCO2)N(C)Cc1ccc(Br)cc1. The summed E-state index contributed by atoms with van der Waals surface area (Å²) in [4.78, 5) is 14.5. The molecule has 0 bridgehead atoms. The first-order valence-corrected chi connectivity index (χ1v) is 8.97. The van der Waals surface area contributed by atoms with Crippen LogP contribution < -0.4 is 14.8 Å². The second-order valence-electron chi connectivity index (χ2n) is 6.07. The van der Waals surface area contributed by atoms with Gasteiger partial charge in [0.25, 0.3) is 0 Å². The normalized spacial score (nSPS) is 14.2. The van der Waals surface area contributed by atoms with E-state index in [1.54, 1.807) is 6.07 Å². The zero-order valence-corrected chi connectivity index (χ0v) is 15.9. The number of fused-ring (bicyclic) bond motifs is 1. The van der Waals surface area contributed by atoms with E-state index in [0.717, 1.165) is 10.0 Å². The maximum Gasteiger partial charge on any atom is 0.241 e. The highest BCUT2D eigenvalue weighted by Gasteiger charge is 2.19. The van der Waals surface area contributed by atoms with Crippen molar-refractivity contribution in [1.29, 1.82) is 0 Å². The summed E-state index contributed by atoms with van der Waals surface area (Å²) in [5.41, 5.74) is 1.86. The third kappa shape index (κ3) is 4.52. The third-order valence-corrected chi connectivity index (χ3v) is 4.72. The fraction of sp³-hybridized carbons (Fsp3) is 0.316. The molecule has 132 valence electrons. The van der Waals surface area contributed by atoms with Crippen LogP contribution in [0.2, 0.25) is 0 Å². The molecule has 3 rings (SSSR count). The lowest BCUT2D eigenvalue weighted by atomic mass is 10.2. The van der Waals surface area contributed by atoms with Crippen LogP contribution in [0.1, 0.15) is 12.5 Å². The molecular weight excluding hydrogens is 384 g/mol. The molecule has 2 aromatic rings. The van der Waals surface area contributed by atoms with E-state index in [9.17, 15) is 4.79 Å². The summed E-state index contributed by atoms with van der Waals surface area (Å²) in [5.74, 6) is 1.32. The van der Waals surface area contributed by atoms with Crippen LogP contribution in [-0.2, 0) is 11.3 Å². The Morgan fingerprint density at radius 1 is 1.16 bits per heavy atom. The topological polar surface area (TPSA) is 50.8 Å². The number of nitrogens with one attached hydrogen (secondary N) is 1. The summed E-state index contributed by atoms with van der Waals surface area (Å²) >= 11 is 3.43. The molecule has 0 aromatic heterocycles. The molecule has 1 N–H and O–H groups in total. The third-order valence-electron chi connectivity index (χ3n) is 4.20. The minimum Gasteiger partial charge on any atom is -0.486 e. The van der Waals surface area contributed by atoms with Crippen molar-refractivity contribution < 1.29 is 14.3 Å². The van der Waals surface area contributed by atoms with Gasteiger partial charge in [-0.25, -0.2) is 0 Å². The molecular formula is C19H21BrN2O3. The van der Waals surface area contributed by atoms with Crippen molar-refractivity contribution in [3.8, 4) is 11.5 Å². The number of benzene rings is 2. The molecule has 0 saturated heterocycles. The molecule has 1 unspecified atom stereocenters. The van der Waals surface area contributed by atoms with Gasteiger partial charge in [-0.2, -0.15) is 0 Å². The van der Waals surface area contributed by atoms with Gasteiger partial charge in [0.1, 0.15) is 13.2 Å². The molecule has 1 aliphatic rings. The lowest BCUT2D eigenvalue weighted by molar-refractivity contribution is -0.120. The number of hydrogen-bond donors (Lipinski definition) is 1. The average molecular weight is 405 g/mol. The number of carbonyl (C=O) groups is 1. The van der Waals surface area contributed by atoms with Crippen LogP contribution >= 0.6 is 15.9 Å². The number of carbonyl (C=O) groups excluding carboxylic acids is 1. The van der Waals surface area contributed by atoms with Crippen LogP contribution in [-0.4, -0.2) is 37.1 Å². The largest absolute Gasteiger partial charge is 0.486 e. The van der Waals surface area contributed by atoms with Gasteiger partial charge >= 0.3 is 0 Å². The smallest absolute Gasteiger partial charge is 0.241 e. The first kappa shape index (κ1) is 17.8. The van der Waals surface area contributed by atoms with Crippen molar-refractivity contribution >= 4 is 27.5 Å². The van der Waals surface area contributed by atoms with Crippen LogP contribution in [0.3, 0.4) is 0 Å². The van der Waals surface area contributed by atoms with Crippen molar-refractivity contribution in [3.63, 3.8) is 0 Å². The number of likely N-dealkylation sites (N-methyl/N-ethyl adjacent to an activating group) is 1. The van der Waals surface area contributed by atoms with Crippen LogP contribution in [0.4, 0.5) is 5.69 Å². The van der Waals surface area contributed by atoms with Gasteiger partial charge in [-0.1, -0.05) is 28.1 Å². The minimum absolute atomic E-state index is 0.0590. The summed E-state index contributed by atoms with van der Waals surface area (Å²) in [6, 6.07) is 13.3. The Hall–Kier alpha value is -2.05. The van der Waals surface area contributed by atoms with Gasteiger partial charge in [-0.3, -0.25) is 9.69 Å². The number of nitrogens with zero attached hydrogens (tertiary/aromatic N) is 1. The number of hydrogen-bond acceptors (Lipinski definition) is 4. The van der Waals surface area contributed by atoms with Gasteiger partial charge in [0.05, 0.1) is 6.04 Å². The van der Waals surface area contributed by atoms with Gasteiger partial charge in [0.2, 0.25) is 5.91 Å². The molecule has 0 fully saturated rings. The Morgan fingerprint density at radius 2 is 1.84 bits per heavy atom. The first-order chi connectivity index (χ1) is 12.0. The lowest BCUT2D eigenvalue weighted by Gasteiger charge is -2.24. The molecule has 1 heterocycles. The summed E-state index contributed by atoms with van der Waals surface area (Å²) < 4.78 is 12.1. The number of anilines is 1. The summed E-state index contributed by atoms with van der Waals surface area (Å²) in [7, 11) is 1.94. The van der Waals surface area contributed by atoms with E-state index >= 15 is 0 Å². The molecule has 0 saturated carbocycles. The predicted octanol–water partition coefficient (Wildman–Crippen LogP) is 3.68. The fourth-order valence-electron chi connectivity index (χ4n) is 2.58. The van der Waals surface area contributed by atoms with Crippen LogP contribution in [0.15, 0.2) is 46.9 Å². The molecule has 25 heavy (non-hydrogen) atoms. The monoisotopic (exact) mass is 404 g/mol. The lowest BCUT2D eigenvalue weighted by Crippen LogP contribution is -2.39. The van der Waals surface area contributed by atoms with Gasteiger partial charge in [-0.15, -0.1) is 0 Å². The summed E-state index contributed by atoms with van der Waals surface area (Å²) in [6.07, 6.45) is 0. The maximum atomic E-state index is 12.5. The average Bonchev–Trinajstić information content (AvgIpc) is 2.62. The zero-order valence-electron chi connectivity index (χ0n) is 14.3. The standard InChI is InChI=1S/C19H21BrN2O3/c1-13(22(2)12-14-3-5-15(20)6-4-14)19(23)21-16-7-8-17-18(11-16)25-10-9-24-17/h3-8,11,13H,9-10,12H2,1-2H3,(H,21,23). The van der Waals surface area contributed by atoms with E-state index in [0.29, 0.717) is 36.9 Å². The quantitative estimate of drug-likeness (QED) is 0.825.